The van der Waals surface area contributed by atoms with Crippen LogP contribution in [-0.4, -0.2) is 16.1 Å². The van der Waals surface area contributed by atoms with Gasteiger partial charge in [-0.05, 0) is 50.2 Å². The predicted octanol–water partition coefficient (Wildman–Crippen LogP) is 3.23. The molecule has 0 radical (unpaired) electrons. The number of thiocarbonyl (C=S) groups is 1. The van der Waals surface area contributed by atoms with E-state index in [4.69, 9.17) is 22.7 Å². The van der Waals surface area contributed by atoms with Crippen LogP contribution in [0, 0.1) is 18.8 Å². The summed E-state index contributed by atoms with van der Waals surface area (Å²) in [7, 11) is 0. The molecule has 2 atom stereocenters. The van der Waals surface area contributed by atoms with E-state index in [1.54, 1.807) is 0 Å². The van der Waals surface area contributed by atoms with Crippen LogP contribution in [0.2, 0.25) is 0 Å². The van der Waals surface area contributed by atoms with Crippen LogP contribution in [0.1, 0.15) is 44.4 Å². The highest BCUT2D eigenvalue weighted by molar-refractivity contribution is 7.80. The van der Waals surface area contributed by atoms with E-state index in [0.717, 1.165) is 24.1 Å². The highest BCUT2D eigenvalue weighted by Crippen LogP contribution is 2.31. The molecule has 1 aliphatic carbocycles. The molecule has 2 unspecified atom stereocenters. The molecular formula is C15H22N2OS. The average Bonchev–Trinajstić information content (AvgIpc) is 2.26. The van der Waals surface area contributed by atoms with Crippen molar-refractivity contribution in [3.05, 3.63) is 23.4 Å². The SMILES string of the molecule is Cc1ccc(C(N)=S)c(OC2CC(C)CC(C)C2)n1. The molecule has 0 spiro atoms. The van der Waals surface area contributed by atoms with Gasteiger partial charge in [-0.25, -0.2) is 4.98 Å². The van der Waals surface area contributed by atoms with Gasteiger partial charge in [-0.15, -0.1) is 0 Å². The van der Waals surface area contributed by atoms with Crippen molar-refractivity contribution in [2.75, 3.05) is 0 Å². The first-order valence-electron chi connectivity index (χ1n) is 6.89. The Morgan fingerprint density at radius 2 is 1.89 bits per heavy atom. The van der Waals surface area contributed by atoms with Gasteiger partial charge in [-0.1, -0.05) is 26.1 Å². The first-order chi connectivity index (χ1) is 8.95. The summed E-state index contributed by atoms with van der Waals surface area (Å²) in [4.78, 5) is 4.80. The van der Waals surface area contributed by atoms with Gasteiger partial charge in [0.1, 0.15) is 11.1 Å². The van der Waals surface area contributed by atoms with Crippen LogP contribution in [0.4, 0.5) is 0 Å². The number of aryl methyl sites for hydroxylation is 1. The first kappa shape index (κ1) is 14.3. The molecule has 2 N–H and O–H groups in total. The van der Waals surface area contributed by atoms with Crippen molar-refractivity contribution in [1.82, 2.24) is 4.98 Å². The lowest BCUT2D eigenvalue weighted by atomic mass is 9.82. The Kier molecular flexibility index (Phi) is 4.40. The van der Waals surface area contributed by atoms with Gasteiger partial charge in [0.2, 0.25) is 5.88 Å². The smallest absolute Gasteiger partial charge is 0.224 e. The van der Waals surface area contributed by atoms with Crippen LogP contribution in [0.5, 0.6) is 5.88 Å². The minimum atomic E-state index is 0.223. The summed E-state index contributed by atoms with van der Waals surface area (Å²) in [6.07, 6.45) is 3.66. The maximum Gasteiger partial charge on any atom is 0.224 e. The first-order valence-corrected chi connectivity index (χ1v) is 7.30. The number of hydrogen-bond donors (Lipinski definition) is 1. The van der Waals surface area contributed by atoms with E-state index in [0.29, 0.717) is 22.7 Å². The summed E-state index contributed by atoms with van der Waals surface area (Å²) < 4.78 is 6.09. The fraction of sp³-hybridized carbons (Fsp3) is 0.600. The maximum atomic E-state index is 6.09. The minimum absolute atomic E-state index is 0.223. The number of hydrogen-bond acceptors (Lipinski definition) is 3. The van der Waals surface area contributed by atoms with Crippen LogP contribution in [0.3, 0.4) is 0 Å². The molecule has 1 heterocycles. The third kappa shape index (κ3) is 3.66. The third-order valence-electron chi connectivity index (χ3n) is 3.68. The second-order valence-electron chi connectivity index (χ2n) is 5.83. The summed E-state index contributed by atoms with van der Waals surface area (Å²) >= 11 is 5.06. The summed E-state index contributed by atoms with van der Waals surface area (Å²) in [5.41, 5.74) is 7.40. The molecule has 0 saturated heterocycles. The van der Waals surface area contributed by atoms with E-state index in [-0.39, 0.29) is 6.10 Å². The highest BCUT2D eigenvalue weighted by atomic mass is 32.1. The minimum Gasteiger partial charge on any atom is -0.474 e. The van der Waals surface area contributed by atoms with E-state index in [1.165, 1.54) is 6.42 Å². The fourth-order valence-electron chi connectivity index (χ4n) is 2.94. The van der Waals surface area contributed by atoms with Crippen molar-refractivity contribution in [3.8, 4) is 5.88 Å². The normalized spacial score (nSPS) is 27.0. The van der Waals surface area contributed by atoms with E-state index in [9.17, 15) is 0 Å². The standard InChI is InChI=1S/C15H22N2OS/c1-9-6-10(2)8-12(7-9)18-15-13(14(16)19)5-4-11(3)17-15/h4-5,9-10,12H,6-8H2,1-3H3,(H2,16,19). The highest BCUT2D eigenvalue weighted by Gasteiger charge is 2.26. The topological polar surface area (TPSA) is 48.1 Å². The molecule has 3 nitrogen and oxygen atoms in total. The molecule has 0 amide bonds. The summed E-state index contributed by atoms with van der Waals surface area (Å²) in [6.45, 7) is 6.51. The quantitative estimate of drug-likeness (QED) is 0.862. The zero-order chi connectivity index (χ0) is 14.0. The molecule has 1 aromatic rings. The molecule has 1 aromatic heterocycles. The van der Waals surface area contributed by atoms with Gasteiger partial charge in [-0.2, -0.15) is 0 Å². The largest absolute Gasteiger partial charge is 0.474 e. The van der Waals surface area contributed by atoms with Crippen LogP contribution < -0.4 is 10.5 Å². The lowest BCUT2D eigenvalue weighted by molar-refractivity contribution is 0.0964. The second-order valence-corrected chi connectivity index (χ2v) is 6.27. The van der Waals surface area contributed by atoms with E-state index in [1.807, 2.05) is 19.1 Å². The Morgan fingerprint density at radius 3 is 2.47 bits per heavy atom. The van der Waals surface area contributed by atoms with E-state index in [2.05, 4.69) is 18.8 Å². The van der Waals surface area contributed by atoms with Gasteiger partial charge in [0.15, 0.2) is 0 Å². The van der Waals surface area contributed by atoms with Crippen molar-refractivity contribution in [2.24, 2.45) is 17.6 Å². The molecule has 1 saturated carbocycles. The van der Waals surface area contributed by atoms with Crippen molar-refractivity contribution in [3.63, 3.8) is 0 Å². The molecule has 0 bridgehead atoms. The van der Waals surface area contributed by atoms with Gasteiger partial charge in [0.05, 0.1) is 5.56 Å². The molecule has 104 valence electrons. The predicted molar refractivity (Wildman–Crippen MR) is 81.5 cm³/mol. The summed E-state index contributed by atoms with van der Waals surface area (Å²) in [5.74, 6) is 2.00. The van der Waals surface area contributed by atoms with Gasteiger partial charge in [0, 0.05) is 5.69 Å². The number of ether oxygens (including phenoxy) is 1. The number of aromatic nitrogens is 1. The van der Waals surface area contributed by atoms with Gasteiger partial charge < -0.3 is 10.5 Å². The number of nitrogens with two attached hydrogens (primary N) is 1. The molecule has 1 aliphatic rings. The lowest BCUT2D eigenvalue weighted by Gasteiger charge is -2.31. The zero-order valence-electron chi connectivity index (χ0n) is 11.8. The molecule has 0 aromatic carbocycles. The molecule has 4 heteroatoms. The average molecular weight is 278 g/mol. The van der Waals surface area contributed by atoms with Crippen molar-refractivity contribution in [1.29, 1.82) is 0 Å². The Morgan fingerprint density at radius 1 is 1.26 bits per heavy atom. The van der Waals surface area contributed by atoms with Crippen LogP contribution in [0.25, 0.3) is 0 Å². The van der Waals surface area contributed by atoms with Crippen molar-refractivity contribution < 1.29 is 4.74 Å². The molecular weight excluding hydrogens is 256 g/mol. The number of rotatable bonds is 3. The van der Waals surface area contributed by atoms with Crippen molar-refractivity contribution >= 4 is 17.2 Å². The molecule has 19 heavy (non-hydrogen) atoms. The van der Waals surface area contributed by atoms with Gasteiger partial charge in [0.25, 0.3) is 0 Å². The summed E-state index contributed by atoms with van der Waals surface area (Å²) in [5, 5.41) is 0. The second kappa shape index (κ2) is 5.87. The van der Waals surface area contributed by atoms with Gasteiger partial charge in [-0.3, -0.25) is 0 Å². The zero-order valence-corrected chi connectivity index (χ0v) is 12.7. The number of pyridine rings is 1. The Hall–Kier alpha value is -1.16. The Balaban J connectivity index is 2.18. The fourth-order valence-corrected chi connectivity index (χ4v) is 3.09. The van der Waals surface area contributed by atoms with Crippen molar-refractivity contribution in [2.45, 2.75) is 46.1 Å². The van der Waals surface area contributed by atoms with Crippen LogP contribution in [-0.2, 0) is 0 Å². The number of nitrogens with zero attached hydrogens (tertiary/aromatic N) is 1. The maximum absolute atomic E-state index is 6.09. The summed E-state index contributed by atoms with van der Waals surface area (Å²) in [6, 6.07) is 3.81. The third-order valence-corrected chi connectivity index (χ3v) is 3.90. The Bertz CT molecular complexity index is 465. The Labute approximate surface area is 120 Å². The monoisotopic (exact) mass is 278 g/mol. The molecule has 1 fully saturated rings. The van der Waals surface area contributed by atoms with Crippen LogP contribution >= 0.6 is 12.2 Å². The van der Waals surface area contributed by atoms with E-state index < -0.39 is 0 Å². The molecule has 2 rings (SSSR count). The van der Waals surface area contributed by atoms with E-state index >= 15 is 0 Å². The van der Waals surface area contributed by atoms with Crippen LogP contribution in [0.15, 0.2) is 12.1 Å². The van der Waals surface area contributed by atoms with Gasteiger partial charge >= 0.3 is 0 Å². The lowest BCUT2D eigenvalue weighted by Crippen LogP contribution is -2.29. The molecule has 0 aliphatic heterocycles.